The highest BCUT2D eigenvalue weighted by Crippen LogP contribution is 2.19. The number of nitrogens with one attached hydrogen (secondary N) is 1. The van der Waals surface area contributed by atoms with Crippen LogP contribution in [-0.2, 0) is 6.54 Å². The Balaban J connectivity index is 2.25. The first-order chi connectivity index (χ1) is 9.01. The van der Waals surface area contributed by atoms with Gasteiger partial charge in [-0.1, -0.05) is 23.7 Å². The quantitative estimate of drug-likeness (QED) is 0.934. The lowest BCUT2D eigenvalue weighted by Crippen LogP contribution is -2.14. The van der Waals surface area contributed by atoms with E-state index in [0.717, 1.165) is 16.8 Å². The number of halogens is 1. The predicted molar refractivity (Wildman–Crippen MR) is 76.8 cm³/mol. The number of amides is 1. The smallest absolute Gasteiger partial charge is 0.277 e. The minimum atomic E-state index is -0.286. The van der Waals surface area contributed by atoms with Crippen LogP contribution in [0, 0.1) is 13.8 Å². The summed E-state index contributed by atoms with van der Waals surface area (Å²) in [7, 11) is 0. The molecule has 0 atom stereocenters. The zero-order chi connectivity index (χ0) is 14.0. The van der Waals surface area contributed by atoms with E-state index in [1.165, 1.54) is 0 Å². The third-order valence-electron chi connectivity index (χ3n) is 2.90. The van der Waals surface area contributed by atoms with Crippen molar-refractivity contribution in [3.05, 3.63) is 46.2 Å². The van der Waals surface area contributed by atoms with Gasteiger partial charge in [-0.2, -0.15) is 5.10 Å². The molecule has 0 aliphatic rings. The Bertz CT molecular complexity index is 619. The lowest BCUT2D eigenvalue weighted by Gasteiger charge is -2.08. The standard InChI is InChI=1S/C14H16ClN3O/c1-4-18-8-11(15)13(17-18)14(19)16-12-7-9(2)5-6-10(12)3/h5-8H,4H2,1-3H3,(H,16,19). The van der Waals surface area contributed by atoms with Gasteiger partial charge in [0.2, 0.25) is 0 Å². The second kappa shape index (κ2) is 5.45. The molecule has 2 rings (SSSR count). The van der Waals surface area contributed by atoms with Gasteiger partial charge in [-0.3, -0.25) is 9.48 Å². The lowest BCUT2D eigenvalue weighted by atomic mass is 10.1. The first-order valence-electron chi connectivity index (χ1n) is 6.12. The highest BCUT2D eigenvalue weighted by molar-refractivity contribution is 6.34. The molecule has 19 heavy (non-hydrogen) atoms. The zero-order valence-electron chi connectivity index (χ0n) is 11.2. The van der Waals surface area contributed by atoms with Crippen LogP contribution in [-0.4, -0.2) is 15.7 Å². The van der Waals surface area contributed by atoms with Crippen molar-refractivity contribution in [2.75, 3.05) is 5.32 Å². The number of carbonyl (C=O) groups excluding carboxylic acids is 1. The number of aromatic nitrogens is 2. The SMILES string of the molecule is CCn1cc(Cl)c(C(=O)Nc2cc(C)ccc2C)n1. The predicted octanol–water partition coefficient (Wildman–Crippen LogP) is 3.43. The van der Waals surface area contributed by atoms with E-state index in [4.69, 9.17) is 11.6 Å². The molecule has 0 saturated heterocycles. The molecule has 2 aromatic rings. The molecule has 4 nitrogen and oxygen atoms in total. The van der Waals surface area contributed by atoms with E-state index >= 15 is 0 Å². The monoisotopic (exact) mass is 277 g/mol. The van der Waals surface area contributed by atoms with Crippen LogP contribution in [0.25, 0.3) is 0 Å². The van der Waals surface area contributed by atoms with E-state index in [9.17, 15) is 4.79 Å². The summed E-state index contributed by atoms with van der Waals surface area (Å²) in [6, 6.07) is 5.90. The van der Waals surface area contributed by atoms with Gasteiger partial charge in [0.15, 0.2) is 5.69 Å². The normalized spacial score (nSPS) is 10.5. The first-order valence-corrected chi connectivity index (χ1v) is 6.50. The summed E-state index contributed by atoms with van der Waals surface area (Å²) in [5, 5.41) is 7.36. The summed E-state index contributed by atoms with van der Waals surface area (Å²) in [4.78, 5) is 12.2. The molecule has 1 heterocycles. The molecule has 0 saturated carbocycles. The van der Waals surface area contributed by atoms with Crippen LogP contribution in [0.1, 0.15) is 28.5 Å². The van der Waals surface area contributed by atoms with Crippen LogP contribution >= 0.6 is 11.6 Å². The maximum absolute atomic E-state index is 12.2. The summed E-state index contributed by atoms with van der Waals surface area (Å²) in [6.45, 7) is 6.54. The van der Waals surface area contributed by atoms with E-state index in [1.54, 1.807) is 10.9 Å². The summed E-state index contributed by atoms with van der Waals surface area (Å²) in [6.07, 6.45) is 1.65. The van der Waals surface area contributed by atoms with Gasteiger partial charge >= 0.3 is 0 Å². The number of hydrogen-bond acceptors (Lipinski definition) is 2. The second-order valence-electron chi connectivity index (χ2n) is 4.45. The largest absolute Gasteiger partial charge is 0.320 e. The van der Waals surface area contributed by atoms with Crippen LogP contribution in [0.4, 0.5) is 5.69 Å². The average Bonchev–Trinajstić information content (AvgIpc) is 2.75. The van der Waals surface area contributed by atoms with Crippen molar-refractivity contribution < 1.29 is 4.79 Å². The van der Waals surface area contributed by atoms with Gasteiger partial charge in [0, 0.05) is 18.4 Å². The summed E-state index contributed by atoms with van der Waals surface area (Å²) in [5.41, 5.74) is 3.13. The topological polar surface area (TPSA) is 46.9 Å². The number of carbonyl (C=O) groups is 1. The van der Waals surface area contributed by atoms with Gasteiger partial charge < -0.3 is 5.32 Å². The third kappa shape index (κ3) is 2.96. The molecule has 0 radical (unpaired) electrons. The summed E-state index contributed by atoms with van der Waals surface area (Å²) in [5.74, 6) is -0.286. The lowest BCUT2D eigenvalue weighted by molar-refractivity contribution is 0.102. The maximum atomic E-state index is 12.2. The van der Waals surface area contributed by atoms with E-state index in [1.807, 2.05) is 39.0 Å². The second-order valence-corrected chi connectivity index (χ2v) is 4.86. The molecular weight excluding hydrogens is 262 g/mol. The van der Waals surface area contributed by atoms with Gasteiger partial charge in [-0.05, 0) is 38.0 Å². The van der Waals surface area contributed by atoms with Crippen molar-refractivity contribution in [3.8, 4) is 0 Å². The van der Waals surface area contributed by atoms with Crippen LogP contribution < -0.4 is 5.32 Å². The Morgan fingerprint density at radius 1 is 1.42 bits per heavy atom. The molecule has 0 spiro atoms. The van der Waals surface area contributed by atoms with Crippen molar-refractivity contribution in [3.63, 3.8) is 0 Å². The third-order valence-corrected chi connectivity index (χ3v) is 3.17. The van der Waals surface area contributed by atoms with E-state index < -0.39 is 0 Å². The molecule has 0 unspecified atom stereocenters. The Morgan fingerprint density at radius 3 is 2.79 bits per heavy atom. The minimum absolute atomic E-state index is 0.254. The van der Waals surface area contributed by atoms with Crippen molar-refractivity contribution >= 4 is 23.2 Å². The van der Waals surface area contributed by atoms with Crippen LogP contribution in [0.5, 0.6) is 0 Å². The Morgan fingerprint density at radius 2 is 2.16 bits per heavy atom. The molecule has 0 fully saturated rings. The average molecular weight is 278 g/mol. The van der Waals surface area contributed by atoms with Gasteiger partial charge in [0.05, 0.1) is 5.02 Å². The molecule has 1 N–H and O–H groups in total. The minimum Gasteiger partial charge on any atom is -0.320 e. The molecule has 0 aliphatic carbocycles. The molecule has 0 bridgehead atoms. The molecule has 5 heteroatoms. The first kappa shape index (κ1) is 13.6. The fraction of sp³-hybridized carbons (Fsp3) is 0.286. The molecule has 1 aromatic heterocycles. The Hall–Kier alpha value is -1.81. The van der Waals surface area contributed by atoms with Crippen LogP contribution in [0.3, 0.4) is 0 Å². The van der Waals surface area contributed by atoms with E-state index in [0.29, 0.717) is 11.6 Å². The number of aryl methyl sites for hydroxylation is 3. The van der Waals surface area contributed by atoms with E-state index in [-0.39, 0.29) is 11.6 Å². The van der Waals surface area contributed by atoms with Gasteiger partial charge in [-0.25, -0.2) is 0 Å². The van der Waals surface area contributed by atoms with Gasteiger partial charge in [-0.15, -0.1) is 0 Å². The zero-order valence-corrected chi connectivity index (χ0v) is 12.0. The number of rotatable bonds is 3. The molecule has 0 aliphatic heterocycles. The number of hydrogen-bond donors (Lipinski definition) is 1. The van der Waals surface area contributed by atoms with Crippen molar-refractivity contribution in [2.24, 2.45) is 0 Å². The number of anilines is 1. The van der Waals surface area contributed by atoms with Crippen molar-refractivity contribution in [1.29, 1.82) is 0 Å². The summed E-state index contributed by atoms with van der Waals surface area (Å²) >= 11 is 6.01. The molecular formula is C14H16ClN3O. The highest BCUT2D eigenvalue weighted by atomic mass is 35.5. The molecule has 100 valence electrons. The van der Waals surface area contributed by atoms with Gasteiger partial charge in [0.25, 0.3) is 5.91 Å². The molecule has 1 amide bonds. The van der Waals surface area contributed by atoms with Crippen LogP contribution in [0.2, 0.25) is 5.02 Å². The van der Waals surface area contributed by atoms with E-state index in [2.05, 4.69) is 10.4 Å². The Labute approximate surface area is 117 Å². The van der Waals surface area contributed by atoms with Crippen LogP contribution in [0.15, 0.2) is 24.4 Å². The number of nitrogens with zero attached hydrogens (tertiary/aromatic N) is 2. The fourth-order valence-corrected chi connectivity index (χ4v) is 2.00. The fourth-order valence-electron chi connectivity index (χ4n) is 1.76. The highest BCUT2D eigenvalue weighted by Gasteiger charge is 2.16. The molecule has 1 aromatic carbocycles. The maximum Gasteiger partial charge on any atom is 0.277 e. The number of benzene rings is 1. The van der Waals surface area contributed by atoms with Crippen molar-refractivity contribution in [2.45, 2.75) is 27.3 Å². The van der Waals surface area contributed by atoms with Gasteiger partial charge in [0.1, 0.15) is 0 Å². The van der Waals surface area contributed by atoms with Crippen molar-refractivity contribution in [1.82, 2.24) is 9.78 Å². The summed E-state index contributed by atoms with van der Waals surface area (Å²) < 4.78 is 1.64. The Kier molecular flexibility index (Phi) is 3.90.